The van der Waals surface area contributed by atoms with Crippen LogP contribution in [0, 0.1) is 11.8 Å². The number of hydrogen-bond donors (Lipinski definition) is 3. The first-order valence-electron chi connectivity index (χ1n) is 11.8. The summed E-state index contributed by atoms with van der Waals surface area (Å²) in [5, 5.41) is 10.8. The summed E-state index contributed by atoms with van der Waals surface area (Å²) in [6.07, 6.45) is 13.4. The Bertz CT molecular complexity index is 826. The summed E-state index contributed by atoms with van der Waals surface area (Å²) in [6.45, 7) is 0. The van der Waals surface area contributed by atoms with Gasteiger partial charge < -0.3 is 20.4 Å². The van der Waals surface area contributed by atoms with Crippen molar-refractivity contribution >= 4 is 17.3 Å². The summed E-state index contributed by atoms with van der Waals surface area (Å²) in [5.74, 6) is 1.03. The summed E-state index contributed by atoms with van der Waals surface area (Å²) in [4.78, 5) is 13.9. The molecule has 5 heteroatoms. The molecule has 0 bridgehead atoms. The van der Waals surface area contributed by atoms with Crippen molar-refractivity contribution in [2.24, 2.45) is 11.8 Å². The second kappa shape index (κ2) is 8.37. The lowest BCUT2D eigenvalue weighted by molar-refractivity contribution is -0.130. The van der Waals surface area contributed by atoms with Crippen LogP contribution in [-0.2, 0) is 10.5 Å². The zero-order valence-electron chi connectivity index (χ0n) is 17.7. The van der Waals surface area contributed by atoms with E-state index in [2.05, 4.69) is 28.1 Å². The normalized spacial score (nSPS) is 22.5. The number of fused-ring (bicyclic) bond motifs is 1. The molecule has 2 saturated carbocycles. The number of carbonyl (C=O) groups excluding carboxylic acids is 1. The van der Waals surface area contributed by atoms with Crippen molar-refractivity contribution in [3.8, 4) is 0 Å². The number of benzene rings is 1. The van der Waals surface area contributed by atoms with Gasteiger partial charge in [0.15, 0.2) is 5.66 Å². The molecule has 2 heterocycles. The van der Waals surface area contributed by atoms with Crippen LogP contribution in [0.5, 0.6) is 0 Å². The molecule has 0 radical (unpaired) electrons. The van der Waals surface area contributed by atoms with Gasteiger partial charge in [0, 0.05) is 6.04 Å². The third-order valence-electron chi connectivity index (χ3n) is 7.32. The fourth-order valence-corrected chi connectivity index (χ4v) is 5.86. The van der Waals surface area contributed by atoms with E-state index in [0.29, 0.717) is 12.0 Å². The molecule has 0 saturated heterocycles. The fourth-order valence-electron chi connectivity index (χ4n) is 5.86. The molecule has 3 N–H and O–H groups in total. The first-order valence-corrected chi connectivity index (χ1v) is 11.8. The van der Waals surface area contributed by atoms with Crippen LogP contribution in [-0.4, -0.2) is 11.9 Å². The van der Waals surface area contributed by atoms with Crippen molar-refractivity contribution in [1.29, 1.82) is 0 Å². The Morgan fingerprint density at radius 1 is 0.900 bits per heavy atom. The predicted molar refractivity (Wildman–Crippen MR) is 119 cm³/mol. The van der Waals surface area contributed by atoms with Crippen LogP contribution in [0.15, 0.2) is 47.1 Å². The van der Waals surface area contributed by atoms with Crippen LogP contribution in [0.4, 0.5) is 11.4 Å². The Balaban J connectivity index is 1.52. The maximum absolute atomic E-state index is 13.9. The van der Waals surface area contributed by atoms with Gasteiger partial charge in [0.2, 0.25) is 5.91 Å². The molecule has 1 amide bonds. The van der Waals surface area contributed by atoms with Gasteiger partial charge in [-0.25, -0.2) is 0 Å². The van der Waals surface area contributed by atoms with Gasteiger partial charge in [0.1, 0.15) is 5.76 Å². The Morgan fingerprint density at radius 3 is 2.13 bits per heavy atom. The molecule has 5 rings (SSSR count). The molecule has 5 nitrogen and oxygen atoms in total. The molecule has 2 aliphatic carbocycles. The number of rotatable bonds is 5. The molecule has 1 aromatic carbocycles. The lowest BCUT2D eigenvalue weighted by atomic mass is 9.72. The Hall–Kier alpha value is -2.43. The van der Waals surface area contributed by atoms with Crippen molar-refractivity contribution in [2.45, 2.75) is 75.9 Å². The van der Waals surface area contributed by atoms with Crippen LogP contribution < -0.4 is 16.0 Å². The minimum absolute atomic E-state index is 0.165. The van der Waals surface area contributed by atoms with Gasteiger partial charge in [0.25, 0.3) is 0 Å². The van der Waals surface area contributed by atoms with Gasteiger partial charge in [-0.05, 0) is 55.9 Å². The highest BCUT2D eigenvalue weighted by Crippen LogP contribution is 2.48. The highest BCUT2D eigenvalue weighted by molar-refractivity contribution is 5.86. The van der Waals surface area contributed by atoms with Gasteiger partial charge in [-0.3, -0.25) is 4.79 Å². The molecule has 0 spiro atoms. The lowest BCUT2D eigenvalue weighted by Crippen LogP contribution is -2.56. The van der Waals surface area contributed by atoms with E-state index < -0.39 is 5.66 Å². The lowest BCUT2D eigenvalue weighted by Gasteiger charge is -2.42. The summed E-state index contributed by atoms with van der Waals surface area (Å²) in [6, 6.07) is 12.4. The Kier molecular flexibility index (Phi) is 5.45. The van der Waals surface area contributed by atoms with Crippen molar-refractivity contribution in [2.75, 3.05) is 10.6 Å². The molecule has 2 aromatic rings. The number of para-hydroxylation sites is 2. The van der Waals surface area contributed by atoms with Crippen LogP contribution >= 0.6 is 0 Å². The summed E-state index contributed by atoms with van der Waals surface area (Å²) >= 11 is 0. The number of nitrogens with one attached hydrogen (secondary N) is 3. The number of hydrogen-bond acceptors (Lipinski definition) is 4. The van der Waals surface area contributed by atoms with E-state index in [0.717, 1.165) is 42.8 Å². The van der Waals surface area contributed by atoms with E-state index in [1.165, 1.54) is 38.5 Å². The van der Waals surface area contributed by atoms with Crippen LogP contribution in [0.1, 0.15) is 70.0 Å². The molecule has 2 fully saturated rings. The molecule has 1 unspecified atom stereocenters. The van der Waals surface area contributed by atoms with E-state index in [-0.39, 0.29) is 11.8 Å². The monoisotopic (exact) mass is 407 g/mol. The molecular formula is C25H33N3O2. The van der Waals surface area contributed by atoms with E-state index in [1.54, 1.807) is 6.26 Å². The van der Waals surface area contributed by atoms with Gasteiger partial charge in [-0.15, -0.1) is 0 Å². The molecule has 1 atom stereocenters. The largest absolute Gasteiger partial charge is 0.465 e. The predicted octanol–water partition coefficient (Wildman–Crippen LogP) is 5.62. The summed E-state index contributed by atoms with van der Waals surface area (Å²) in [7, 11) is 0. The van der Waals surface area contributed by atoms with Gasteiger partial charge in [-0.1, -0.05) is 50.7 Å². The van der Waals surface area contributed by atoms with Crippen LogP contribution in [0.3, 0.4) is 0 Å². The minimum atomic E-state index is -0.756. The van der Waals surface area contributed by atoms with Crippen molar-refractivity contribution in [3.05, 3.63) is 48.4 Å². The molecule has 3 aliphatic rings. The molecule has 1 aromatic heterocycles. The fraction of sp³-hybridized carbons (Fsp3) is 0.560. The van der Waals surface area contributed by atoms with Gasteiger partial charge in [-0.2, -0.15) is 0 Å². The van der Waals surface area contributed by atoms with Crippen molar-refractivity contribution in [3.63, 3.8) is 0 Å². The average Bonchev–Trinajstić information content (AvgIpc) is 3.44. The maximum atomic E-state index is 13.9. The van der Waals surface area contributed by atoms with Gasteiger partial charge >= 0.3 is 0 Å². The van der Waals surface area contributed by atoms with E-state index >= 15 is 0 Å². The van der Waals surface area contributed by atoms with Crippen LogP contribution in [0.25, 0.3) is 0 Å². The van der Waals surface area contributed by atoms with E-state index in [4.69, 9.17) is 4.42 Å². The Labute approximate surface area is 179 Å². The molecular weight excluding hydrogens is 374 g/mol. The third-order valence-corrected chi connectivity index (χ3v) is 7.32. The second-order valence-electron chi connectivity index (χ2n) is 9.30. The quantitative estimate of drug-likeness (QED) is 0.602. The smallest absolute Gasteiger partial charge is 0.228 e. The highest BCUT2D eigenvalue weighted by Gasteiger charge is 2.53. The minimum Gasteiger partial charge on any atom is -0.465 e. The summed E-state index contributed by atoms with van der Waals surface area (Å²) in [5.41, 5.74) is 1.30. The average molecular weight is 408 g/mol. The van der Waals surface area contributed by atoms with E-state index in [1.807, 2.05) is 24.3 Å². The van der Waals surface area contributed by atoms with Crippen molar-refractivity contribution in [1.82, 2.24) is 5.32 Å². The van der Waals surface area contributed by atoms with E-state index in [9.17, 15) is 4.79 Å². The Morgan fingerprint density at radius 2 is 1.53 bits per heavy atom. The molecule has 30 heavy (non-hydrogen) atoms. The molecule has 160 valence electrons. The zero-order valence-corrected chi connectivity index (χ0v) is 17.7. The zero-order chi connectivity index (χ0) is 20.4. The standard InChI is InChI=1S/C25H33N3O2/c29-24(26-19-12-5-2-6-13-19)23(18-10-3-1-4-11-18)25(22-16-9-17-30-22)27-20-14-7-8-15-21(20)28-25/h7-9,14-19,23,27-28H,1-6,10-13H2,(H,26,29). The summed E-state index contributed by atoms with van der Waals surface area (Å²) < 4.78 is 5.96. The molecule has 1 aliphatic heterocycles. The topological polar surface area (TPSA) is 66.3 Å². The number of anilines is 2. The van der Waals surface area contributed by atoms with Gasteiger partial charge in [0.05, 0.1) is 23.6 Å². The highest BCUT2D eigenvalue weighted by atomic mass is 16.3. The second-order valence-corrected chi connectivity index (χ2v) is 9.30. The third kappa shape index (κ3) is 3.59. The number of amides is 1. The number of carbonyl (C=O) groups is 1. The maximum Gasteiger partial charge on any atom is 0.228 e. The number of furan rings is 1. The van der Waals surface area contributed by atoms with Crippen molar-refractivity contribution < 1.29 is 9.21 Å². The first-order chi connectivity index (χ1) is 14.8. The SMILES string of the molecule is O=C(NC1CCCCC1)C(C1CCCCC1)C1(c2ccco2)Nc2ccccc2N1. The van der Waals surface area contributed by atoms with Crippen LogP contribution in [0.2, 0.25) is 0 Å². The first kappa shape index (κ1) is 19.5.